The van der Waals surface area contributed by atoms with Gasteiger partial charge in [-0.2, -0.15) is 0 Å². The fourth-order valence-electron chi connectivity index (χ4n) is 1.82. The largest absolute Gasteiger partial charge is 0.478 e. The number of carboxylic acid groups (broad SMARTS) is 1. The number of rotatable bonds is 3. The van der Waals surface area contributed by atoms with E-state index in [0.29, 0.717) is 5.69 Å². The Morgan fingerprint density at radius 3 is 2.44 bits per heavy atom. The second kappa shape index (κ2) is 4.92. The Kier molecular flexibility index (Phi) is 3.33. The molecule has 2 aromatic rings. The molecule has 0 radical (unpaired) electrons. The number of aryl methyl sites for hydroxylation is 2. The maximum absolute atomic E-state index is 11.2. The highest BCUT2D eigenvalue weighted by Gasteiger charge is 2.10. The molecule has 0 atom stereocenters. The molecule has 2 aromatic carbocycles. The van der Waals surface area contributed by atoms with Crippen LogP contribution in [0.15, 0.2) is 42.5 Å². The van der Waals surface area contributed by atoms with E-state index in [1.807, 2.05) is 44.2 Å². The van der Waals surface area contributed by atoms with Crippen LogP contribution in [-0.4, -0.2) is 11.1 Å². The minimum atomic E-state index is -0.922. The molecule has 0 aliphatic rings. The van der Waals surface area contributed by atoms with E-state index in [4.69, 9.17) is 0 Å². The summed E-state index contributed by atoms with van der Waals surface area (Å²) in [6, 6.07) is 13.2. The molecule has 92 valence electrons. The van der Waals surface area contributed by atoms with Gasteiger partial charge < -0.3 is 10.4 Å². The van der Waals surface area contributed by atoms with E-state index >= 15 is 0 Å². The fraction of sp³-hybridized carbons (Fsp3) is 0.133. The molecule has 0 aromatic heterocycles. The third-order valence-electron chi connectivity index (χ3n) is 2.70. The summed E-state index contributed by atoms with van der Waals surface area (Å²) in [6.45, 7) is 3.88. The van der Waals surface area contributed by atoms with Gasteiger partial charge >= 0.3 is 5.97 Å². The molecule has 2 rings (SSSR count). The van der Waals surface area contributed by atoms with Gasteiger partial charge in [-0.25, -0.2) is 4.79 Å². The van der Waals surface area contributed by atoms with Crippen molar-refractivity contribution in [3.63, 3.8) is 0 Å². The lowest BCUT2D eigenvalue weighted by molar-refractivity contribution is 0.0698. The van der Waals surface area contributed by atoms with Crippen LogP contribution in [0.1, 0.15) is 21.5 Å². The molecule has 0 saturated carbocycles. The van der Waals surface area contributed by atoms with E-state index in [-0.39, 0.29) is 5.56 Å². The van der Waals surface area contributed by atoms with E-state index < -0.39 is 5.97 Å². The van der Waals surface area contributed by atoms with Gasteiger partial charge in [-0.1, -0.05) is 23.8 Å². The van der Waals surface area contributed by atoms with E-state index in [0.717, 1.165) is 16.8 Å². The molecule has 3 heteroatoms. The molecule has 0 saturated heterocycles. The first-order valence-electron chi connectivity index (χ1n) is 5.74. The minimum absolute atomic E-state index is 0.288. The van der Waals surface area contributed by atoms with Crippen molar-refractivity contribution in [2.75, 3.05) is 5.32 Å². The Balaban J connectivity index is 2.37. The topological polar surface area (TPSA) is 49.3 Å². The molecule has 3 nitrogen and oxygen atoms in total. The van der Waals surface area contributed by atoms with Crippen LogP contribution in [0, 0.1) is 13.8 Å². The number of anilines is 2. The zero-order valence-electron chi connectivity index (χ0n) is 10.4. The van der Waals surface area contributed by atoms with Gasteiger partial charge in [0.25, 0.3) is 0 Å². The van der Waals surface area contributed by atoms with Crippen LogP contribution >= 0.6 is 0 Å². The zero-order valence-corrected chi connectivity index (χ0v) is 10.4. The van der Waals surface area contributed by atoms with Gasteiger partial charge in [0.1, 0.15) is 0 Å². The summed E-state index contributed by atoms with van der Waals surface area (Å²) >= 11 is 0. The van der Waals surface area contributed by atoms with Crippen LogP contribution in [0.3, 0.4) is 0 Å². The lowest BCUT2D eigenvalue weighted by Gasteiger charge is -2.10. The number of hydrogen-bond donors (Lipinski definition) is 2. The number of carboxylic acids is 1. The summed E-state index contributed by atoms with van der Waals surface area (Å²) < 4.78 is 0. The summed E-state index contributed by atoms with van der Waals surface area (Å²) in [5.41, 5.74) is 3.85. The Morgan fingerprint density at radius 2 is 1.78 bits per heavy atom. The smallest absolute Gasteiger partial charge is 0.337 e. The highest BCUT2D eigenvalue weighted by atomic mass is 16.4. The van der Waals surface area contributed by atoms with Crippen LogP contribution in [0.2, 0.25) is 0 Å². The number of nitrogens with one attached hydrogen (secondary N) is 1. The zero-order chi connectivity index (χ0) is 13.1. The third-order valence-corrected chi connectivity index (χ3v) is 2.70. The first kappa shape index (κ1) is 12.2. The molecule has 0 unspecified atom stereocenters. The highest BCUT2D eigenvalue weighted by molar-refractivity contribution is 5.95. The Labute approximate surface area is 106 Å². The van der Waals surface area contributed by atoms with Crippen molar-refractivity contribution in [3.8, 4) is 0 Å². The quantitative estimate of drug-likeness (QED) is 0.860. The predicted molar refractivity (Wildman–Crippen MR) is 72.6 cm³/mol. The number of carbonyl (C=O) groups is 1. The lowest BCUT2D eigenvalue weighted by Crippen LogP contribution is -2.03. The SMILES string of the molecule is Cc1cccc(Nc2ccc(C)cc2C(=O)O)c1. The van der Waals surface area contributed by atoms with Crippen molar-refractivity contribution in [2.24, 2.45) is 0 Å². The van der Waals surface area contributed by atoms with Crippen LogP contribution < -0.4 is 5.32 Å². The van der Waals surface area contributed by atoms with Crippen molar-refractivity contribution in [1.29, 1.82) is 0 Å². The van der Waals surface area contributed by atoms with Gasteiger partial charge in [0, 0.05) is 5.69 Å². The van der Waals surface area contributed by atoms with Crippen LogP contribution in [-0.2, 0) is 0 Å². The highest BCUT2D eigenvalue weighted by Crippen LogP contribution is 2.22. The van der Waals surface area contributed by atoms with Gasteiger partial charge in [0.2, 0.25) is 0 Å². The van der Waals surface area contributed by atoms with Crippen molar-refractivity contribution in [3.05, 3.63) is 59.2 Å². The number of hydrogen-bond acceptors (Lipinski definition) is 2. The van der Waals surface area contributed by atoms with Crippen molar-refractivity contribution >= 4 is 17.3 Å². The normalized spacial score (nSPS) is 10.1. The molecule has 2 N–H and O–H groups in total. The standard InChI is InChI=1S/C15H15NO2/c1-10-4-3-5-12(8-10)16-14-7-6-11(2)9-13(14)15(17)18/h3-9,16H,1-2H3,(H,17,18). The molecule has 0 spiro atoms. The fourth-order valence-corrected chi connectivity index (χ4v) is 1.82. The second-order valence-corrected chi connectivity index (χ2v) is 4.35. The first-order valence-corrected chi connectivity index (χ1v) is 5.74. The molecule has 0 aliphatic carbocycles. The molecule has 0 bridgehead atoms. The van der Waals surface area contributed by atoms with Crippen LogP contribution in [0.5, 0.6) is 0 Å². The molecular weight excluding hydrogens is 226 g/mol. The van der Waals surface area contributed by atoms with Gasteiger partial charge in [0.05, 0.1) is 11.3 Å². The third kappa shape index (κ3) is 2.69. The minimum Gasteiger partial charge on any atom is -0.478 e. The molecular formula is C15H15NO2. The maximum Gasteiger partial charge on any atom is 0.337 e. The average molecular weight is 241 g/mol. The van der Waals surface area contributed by atoms with Gasteiger partial charge in [-0.15, -0.1) is 0 Å². The van der Waals surface area contributed by atoms with Crippen molar-refractivity contribution in [2.45, 2.75) is 13.8 Å². The van der Waals surface area contributed by atoms with Crippen molar-refractivity contribution < 1.29 is 9.90 Å². The van der Waals surface area contributed by atoms with Gasteiger partial charge in [-0.3, -0.25) is 0 Å². The molecule has 0 heterocycles. The van der Waals surface area contributed by atoms with Gasteiger partial charge in [-0.05, 0) is 43.7 Å². The molecule has 0 amide bonds. The summed E-state index contributed by atoms with van der Waals surface area (Å²) in [7, 11) is 0. The van der Waals surface area contributed by atoms with E-state index in [9.17, 15) is 9.90 Å². The van der Waals surface area contributed by atoms with Crippen LogP contribution in [0.4, 0.5) is 11.4 Å². The number of aromatic carboxylic acids is 1. The summed E-state index contributed by atoms with van der Waals surface area (Å²) in [5, 5.41) is 12.3. The molecule has 0 aliphatic heterocycles. The maximum atomic E-state index is 11.2. The predicted octanol–water partition coefficient (Wildman–Crippen LogP) is 3.75. The first-order chi connectivity index (χ1) is 8.56. The van der Waals surface area contributed by atoms with E-state index in [1.165, 1.54) is 0 Å². The monoisotopic (exact) mass is 241 g/mol. The van der Waals surface area contributed by atoms with E-state index in [2.05, 4.69) is 5.32 Å². The Morgan fingerprint density at radius 1 is 1.06 bits per heavy atom. The summed E-state index contributed by atoms with van der Waals surface area (Å²) in [4.78, 5) is 11.2. The Bertz CT molecular complexity index is 591. The molecule has 18 heavy (non-hydrogen) atoms. The second-order valence-electron chi connectivity index (χ2n) is 4.35. The Hall–Kier alpha value is -2.29. The van der Waals surface area contributed by atoms with Crippen molar-refractivity contribution in [1.82, 2.24) is 0 Å². The average Bonchev–Trinajstić information content (AvgIpc) is 2.31. The summed E-state index contributed by atoms with van der Waals surface area (Å²) in [5.74, 6) is -0.922. The summed E-state index contributed by atoms with van der Waals surface area (Å²) in [6.07, 6.45) is 0. The lowest BCUT2D eigenvalue weighted by atomic mass is 10.1. The van der Waals surface area contributed by atoms with Gasteiger partial charge in [0.15, 0.2) is 0 Å². The number of benzene rings is 2. The molecule has 0 fully saturated rings. The van der Waals surface area contributed by atoms with Crippen LogP contribution in [0.25, 0.3) is 0 Å². The van der Waals surface area contributed by atoms with E-state index in [1.54, 1.807) is 12.1 Å².